The fourth-order valence-corrected chi connectivity index (χ4v) is 6.08. The molecule has 3 atom stereocenters. The van der Waals surface area contributed by atoms with Crippen molar-refractivity contribution >= 4 is 7.60 Å². The van der Waals surface area contributed by atoms with Crippen molar-refractivity contribution in [3.05, 3.63) is 24.3 Å². The summed E-state index contributed by atoms with van der Waals surface area (Å²) in [5.41, 5.74) is 0. The van der Waals surface area contributed by atoms with Crippen LogP contribution < -0.4 is 0 Å². The molecule has 7 heteroatoms. The van der Waals surface area contributed by atoms with Crippen molar-refractivity contribution in [1.82, 2.24) is 0 Å². The summed E-state index contributed by atoms with van der Waals surface area (Å²) in [4.78, 5) is 10.5. The number of ether oxygens (including phenoxy) is 2. The fraction of sp³-hybridized carbons (Fsp3) is 0.862. The maximum atomic E-state index is 12.8. The molecular formula is C29H59NO5P+. The van der Waals surface area contributed by atoms with E-state index < -0.39 is 13.4 Å². The highest BCUT2D eigenvalue weighted by molar-refractivity contribution is 7.53. The summed E-state index contributed by atoms with van der Waals surface area (Å²) in [6.45, 7) is 5.36. The van der Waals surface area contributed by atoms with E-state index in [1.807, 2.05) is 28.1 Å². The Labute approximate surface area is 223 Å². The third-order valence-electron chi connectivity index (χ3n) is 6.36. The van der Waals surface area contributed by atoms with Gasteiger partial charge in [-0.15, -0.1) is 0 Å². The molecule has 0 bridgehead atoms. The zero-order chi connectivity index (χ0) is 27.1. The van der Waals surface area contributed by atoms with Gasteiger partial charge in [-0.25, -0.2) is 0 Å². The van der Waals surface area contributed by atoms with E-state index in [1.165, 1.54) is 57.8 Å². The van der Waals surface area contributed by atoms with Gasteiger partial charge in [-0.05, 0) is 64.2 Å². The van der Waals surface area contributed by atoms with E-state index in [-0.39, 0.29) is 12.7 Å². The highest BCUT2D eigenvalue weighted by Gasteiger charge is 2.42. The third kappa shape index (κ3) is 19.6. The van der Waals surface area contributed by atoms with Gasteiger partial charge in [-0.1, -0.05) is 57.4 Å². The summed E-state index contributed by atoms with van der Waals surface area (Å²) in [5, 5.41) is 0. The maximum absolute atomic E-state index is 12.8. The molecule has 0 spiro atoms. The van der Waals surface area contributed by atoms with Crippen LogP contribution in [0.25, 0.3) is 0 Å². The second-order valence-electron chi connectivity index (χ2n) is 10.8. The van der Waals surface area contributed by atoms with E-state index in [1.54, 1.807) is 7.11 Å². The van der Waals surface area contributed by atoms with Crippen LogP contribution in [0.15, 0.2) is 24.3 Å². The average molecular weight is 533 g/mol. The predicted octanol–water partition coefficient (Wildman–Crippen LogP) is 7.87. The highest BCUT2D eigenvalue weighted by atomic mass is 31.2. The molecule has 0 saturated carbocycles. The van der Waals surface area contributed by atoms with Gasteiger partial charge >= 0.3 is 7.60 Å². The number of rotatable bonds is 25. The van der Waals surface area contributed by atoms with Crippen LogP contribution in [0.5, 0.6) is 0 Å². The molecule has 36 heavy (non-hydrogen) atoms. The van der Waals surface area contributed by atoms with Gasteiger partial charge in [0.15, 0.2) is 5.78 Å². The van der Waals surface area contributed by atoms with Crippen LogP contribution in [-0.2, 0) is 18.6 Å². The van der Waals surface area contributed by atoms with Crippen LogP contribution in [0.3, 0.4) is 0 Å². The van der Waals surface area contributed by atoms with Crippen molar-refractivity contribution < 1.29 is 27.9 Å². The van der Waals surface area contributed by atoms with Crippen LogP contribution >= 0.6 is 7.60 Å². The van der Waals surface area contributed by atoms with Crippen molar-refractivity contribution in [2.24, 2.45) is 0 Å². The largest absolute Gasteiger partial charge is 0.385 e. The Balaban J connectivity index is 3.82. The molecule has 214 valence electrons. The standard InChI is InChI=1S/C29H58NO5P/c1-7-9-10-11-12-13-14-15-16-17-18-19-20-21-22-23-25-34-26-28(33-6)27-35-36(31,32)29(24-8-2)30(3,4)5/h12-13,18-19,28-29H,7-11,14-17,20-27H2,1-6H3/p+1/b13-12-,19-18-/t28-,29?/m1/s1. The number of unbranched alkanes of at least 4 members (excludes halogenated alkanes) is 9. The maximum Gasteiger partial charge on any atom is 0.385 e. The summed E-state index contributed by atoms with van der Waals surface area (Å²) < 4.78 is 29.9. The Morgan fingerprint density at radius 1 is 0.778 bits per heavy atom. The molecular weight excluding hydrogens is 473 g/mol. The lowest BCUT2D eigenvalue weighted by Gasteiger charge is -2.36. The van der Waals surface area contributed by atoms with Crippen LogP contribution in [-0.4, -0.2) is 69.3 Å². The highest BCUT2D eigenvalue weighted by Crippen LogP contribution is 2.51. The summed E-state index contributed by atoms with van der Waals surface area (Å²) in [6, 6.07) is 0. The van der Waals surface area contributed by atoms with E-state index in [4.69, 9.17) is 14.0 Å². The predicted molar refractivity (Wildman–Crippen MR) is 153 cm³/mol. The molecule has 0 aliphatic rings. The van der Waals surface area contributed by atoms with Gasteiger partial charge in [0.05, 0.1) is 34.4 Å². The summed E-state index contributed by atoms with van der Waals surface area (Å²) >= 11 is 0. The molecule has 0 amide bonds. The number of nitrogens with zero attached hydrogens (tertiary/aromatic N) is 1. The molecule has 2 unspecified atom stereocenters. The number of methoxy groups -OCH3 is 1. The van der Waals surface area contributed by atoms with Gasteiger partial charge in [0.2, 0.25) is 0 Å². The van der Waals surface area contributed by atoms with Crippen molar-refractivity contribution in [3.63, 3.8) is 0 Å². The van der Waals surface area contributed by atoms with E-state index in [9.17, 15) is 9.46 Å². The van der Waals surface area contributed by atoms with E-state index in [0.29, 0.717) is 24.1 Å². The molecule has 0 rings (SSSR count). The molecule has 0 aromatic carbocycles. The van der Waals surface area contributed by atoms with Gasteiger partial charge in [0.25, 0.3) is 0 Å². The number of allylic oxidation sites excluding steroid dienone is 4. The Hall–Kier alpha value is -0.490. The Bertz CT molecular complexity index is 603. The van der Waals surface area contributed by atoms with Crippen molar-refractivity contribution in [3.8, 4) is 0 Å². The Kier molecular flexibility index (Phi) is 22.2. The van der Waals surface area contributed by atoms with Crippen LogP contribution in [0.4, 0.5) is 0 Å². The molecule has 0 fully saturated rings. The lowest BCUT2D eigenvalue weighted by molar-refractivity contribution is -0.883. The van der Waals surface area contributed by atoms with Gasteiger partial charge in [-0.2, -0.15) is 0 Å². The summed E-state index contributed by atoms with van der Waals surface area (Å²) in [6.07, 6.45) is 25.1. The SMILES string of the molecule is CCCCC/C=C\CCCC/C=C\CCCCCOC[C@H](COP(=O)(O)C(CCC)[N+](C)(C)C)OC. The number of hydrogen-bond donors (Lipinski definition) is 1. The quantitative estimate of drug-likeness (QED) is 0.0561. The number of quaternary nitrogens is 1. The topological polar surface area (TPSA) is 65.0 Å². The van der Waals surface area contributed by atoms with E-state index >= 15 is 0 Å². The molecule has 6 nitrogen and oxygen atoms in total. The summed E-state index contributed by atoms with van der Waals surface area (Å²) in [7, 11) is 3.60. The van der Waals surface area contributed by atoms with Crippen molar-refractivity contribution in [2.45, 2.75) is 116 Å². The molecule has 0 radical (unpaired) electrons. The summed E-state index contributed by atoms with van der Waals surface area (Å²) in [5.74, 6) is -0.447. The molecule has 1 N–H and O–H groups in total. The third-order valence-corrected chi connectivity index (χ3v) is 8.58. The van der Waals surface area contributed by atoms with Gasteiger partial charge < -0.3 is 23.4 Å². The van der Waals surface area contributed by atoms with Gasteiger partial charge in [-0.3, -0.25) is 4.57 Å². The minimum atomic E-state index is -3.76. The smallest absolute Gasteiger partial charge is 0.379 e. The minimum absolute atomic E-state index is 0.0601. The van der Waals surface area contributed by atoms with Crippen LogP contribution in [0, 0.1) is 0 Å². The van der Waals surface area contributed by atoms with Gasteiger partial charge in [0.1, 0.15) is 6.10 Å². The zero-order valence-corrected chi connectivity index (χ0v) is 25.4. The van der Waals surface area contributed by atoms with Crippen LogP contribution in [0.2, 0.25) is 0 Å². The van der Waals surface area contributed by atoms with E-state index in [0.717, 1.165) is 25.7 Å². The van der Waals surface area contributed by atoms with Crippen LogP contribution in [0.1, 0.15) is 104 Å². The monoisotopic (exact) mass is 532 g/mol. The normalized spacial score (nSPS) is 16.1. The second-order valence-corrected chi connectivity index (χ2v) is 12.7. The van der Waals surface area contributed by atoms with Crippen molar-refractivity contribution in [2.75, 3.05) is 48.1 Å². The second kappa shape index (κ2) is 22.5. The first kappa shape index (κ1) is 35.5. The molecule has 0 aromatic heterocycles. The minimum Gasteiger partial charge on any atom is -0.379 e. The fourth-order valence-electron chi connectivity index (χ4n) is 4.07. The lowest BCUT2D eigenvalue weighted by Crippen LogP contribution is -2.45. The number of hydrogen-bond acceptors (Lipinski definition) is 4. The Morgan fingerprint density at radius 2 is 1.31 bits per heavy atom. The molecule has 0 aliphatic heterocycles. The van der Waals surface area contributed by atoms with E-state index in [2.05, 4.69) is 31.2 Å². The molecule has 0 saturated heterocycles. The first-order chi connectivity index (χ1) is 17.2. The zero-order valence-electron chi connectivity index (χ0n) is 24.5. The molecule has 0 aliphatic carbocycles. The molecule has 0 aromatic rings. The van der Waals surface area contributed by atoms with Gasteiger partial charge in [0, 0.05) is 20.1 Å². The lowest BCUT2D eigenvalue weighted by atomic mass is 10.1. The molecule has 0 heterocycles. The first-order valence-corrected chi connectivity index (χ1v) is 16.0. The van der Waals surface area contributed by atoms with Crippen molar-refractivity contribution in [1.29, 1.82) is 0 Å². The first-order valence-electron chi connectivity index (χ1n) is 14.4. The average Bonchev–Trinajstić information content (AvgIpc) is 2.82. The Morgan fingerprint density at radius 3 is 1.78 bits per heavy atom.